The Kier molecular flexibility index (Phi) is 2.28. The monoisotopic (exact) mass is 212 g/mol. The lowest BCUT2D eigenvalue weighted by molar-refractivity contribution is -0.136. The highest BCUT2D eigenvalue weighted by Gasteiger charge is 2.45. The van der Waals surface area contributed by atoms with Gasteiger partial charge in [-0.05, 0) is 12.2 Å². The van der Waals surface area contributed by atoms with E-state index in [1.807, 2.05) is 0 Å². The molecule has 0 radical (unpaired) electrons. The SMILES string of the molecule is O=C(O)C1=C[C@]2(O)CC=CO[C@H](C1)[C@@H]2O. The molecule has 1 aliphatic carbocycles. The molecule has 1 aliphatic heterocycles. The molecule has 5 heteroatoms. The Morgan fingerprint density at radius 1 is 1.60 bits per heavy atom. The third-order valence-electron chi connectivity index (χ3n) is 2.78. The second-order valence-corrected chi connectivity index (χ2v) is 3.87. The van der Waals surface area contributed by atoms with Crippen LogP contribution in [-0.2, 0) is 9.53 Å². The van der Waals surface area contributed by atoms with Crippen LogP contribution in [-0.4, -0.2) is 39.1 Å². The van der Waals surface area contributed by atoms with Crippen LogP contribution in [0.2, 0.25) is 0 Å². The van der Waals surface area contributed by atoms with Crippen molar-refractivity contribution in [1.29, 1.82) is 0 Å². The molecule has 0 fully saturated rings. The van der Waals surface area contributed by atoms with Crippen LogP contribution >= 0.6 is 0 Å². The van der Waals surface area contributed by atoms with Crippen LogP contribution in [0.4, 0.5) is 0 Å². The maximum absolute atomic E-state index is 10.8. The summed E-state index contributed by atoms with van der Waals surface area (Å²) in [7, 11) is 0. The zero-order chi connectivity index (χ0) is 11.1. The fourth-order valence-corrected chi connectivity index (χ4v) is 1.94. The molecule has 2 aliphatic rings. The van der Waals surface area contributed by atoms with E-state index >= 15 is 0 Å². The first-order chi connectivity index (χ1) is 7.03. The van der Waals surface area contributed by atoms with Gasteiger partial charge in [0.1, 0.15) is 17.8 Å². The van der Waals surface area contributed by atoms with Crippen molar-refractivity contribution in [2.24, 2.45) is 0 Å². The molecule has 3 N–H and O–H groups in total. The van der Waals surface area contributed by atoms with Gasteiger partial charge in [0.25, 0.3) is 0 Å². The Hall–Kier alpha value is -1.33. The number of aliphatic hydroxyl groups excluding tert-OH is 1. The van der Waals surface area contributed by atoms with Gasteiger partial charge in [-0.3, -0.25) is 0 Å². The average Bonchev–Trinajstić information content (AvgIpc) is 2.28. The van der Waals surface area contributed by atoms with E-state index in [1.54, 1.807) is 6.08 Å². The first-order valence-electron chi connectivity index (χ1n) is 4.69. The number of ether oxygens (including phenoxy) is 1. The van der Waals surface area contributed by atoms with Gasteiger partial charge in [-0.25, -0.2) is 4.79 Å². The molecule has 82 valence electrons. The molecule has 1 heterocycles. The molecule has 0 saturated heterocycles. The van der Waals surface area contributed by atoms with E-state index in [0.717, 1.165) is 0 Å². The normalized spacial score (nSPS) is 38.9. The third kappa shape index (κ3) is 1.64. The standard InChI is InChI=1S/C10H12O5/c11-8-7-4-6(9(12)13)5-10(8,14)2-1-3-15-7/h1,3,5,7-8,11,14H,2,4H2,(H,12,13)/t7-,8+,10-/m1/s1. The van der Waals surface area contributed by atoms with Crippen molar-refractivity contribution in [3.8, 4) is 0 Å². The lowest BCUT2D eigenvalue weighted by Gasteiger charge is -2.36. The number of hydrogen-bond acceptors (Lipinski definition) is 4. The summed E-state index contributed by atoms with van der Waals surface area (Å²) < 4.78 is 5.14. The number of carboxylic acids is 1. The lowest BCUT2D eigenvalue weighted by atomic mass is 9.80. The number of rotatable bonds is 1. The Bertz CT molecular complexity index is 346. The van der Waals surface area contributed by atoms with Gasteiger partial charge in [0.15, 0.2) is 0 Å². The Labute approximate surface area is 86.3 Å². The van der Waals surface area contributed by atoms with Crippen molar-refractivity contribution < 1.29 is 24.9 Å². The van der Waals surface area contributed by atoms with Gasteiger partial charge in [-0.15, -0.1) is 0 Å². The first-order valence-corrected chi connectivity index (χ1v) is 4.69. The molecule has 0 aromatic heterocycles. The molecular weight excluding hydrogens is 200 g/mol. The zero-order valence-corrected chi connectivity index (χ0v) is 7.96. The summed E-state index contributed by atoms with van der Waals surface area (Å²) in [6.45, 7) is 0. The van der Waals surface area contributed by atoms with Crippen LogP contribution in [0, 0.1) is 0 Å². The van der Waals surface area contributed by atoms with Crippen LogP contribution < -0.4 is 0 Å². The number of carboxylic acid groups (broad SMARTS) is 1. The summed E-state index contributed by atoms with van der Waals surface area (Å²) in [4.78, 5) is 10.8. The highest BCUT2D eigenvalue weighted by molar-refractivity contribution is 5.87. The van der Waals surface area contributed by atoms with Gasteiger partial charge in [0.2, 0.25) is 0 Å². The van der Waals surface area contributed by atoms with Gasteiger partial charge < -0.3 is 20.1 Å². The Balaban J connectivity index is 2.39. The van der Waals surface area contributed by atoms with Gasteiger partial charge in [0, 0.05) is 18.4 Å². The highest BCUT2D eigenvalue weighted by Crippen LogP contribution is 2.34. The quantitative estimate of drug-likeness (QED) is 0.560. The van der Waals surface area contributed by atoms with Gasteiger partial charge in [-0.2, -0.15) is 0 Å². The Morgan fingerprint density at radius 3 is 3.00 bits per heavy atom. The summed E-state index contributed by atoms with van der Waals surface area (Å²) in [5, 5.41) is 28.7. The van der Waals surface area contributed by atoms with Gasteiger partial charge in [-0.1, -0.05) is 0 Å². The minimum atomic E-state index is -1.52. The predicted molar refractivity (Wildman–Crippen MR) is 49.9 cm³/mol. The third-order valence-corrected chi connectivity index (χ3v) is 2.78. The van der Waals surface area contributed by atoms with E-state index in [4.69, 9.17) is 9.84 Å². The van der Waals surface area contributed by atoms with E-state index in [2.05, 4.69) is 0 Å². The van der Waals surface area contributed by atoms with E-state index < -0.39 is 23.8 Å². The van der Waals surface area contributed by atoms with E-state index in [0.29, 0.717) is 0 Å². The summed E-state index contributed by atoms with van der Waals surface area (Å²) in [5.41, 5.74) is -1.44. The van der Waals surface area contributed by atoms with Crippen molar-refractivity contribution in [3.63, 3.8) is 0 Å². The minimum absolute atomic E-state index is 0.0801. The smallest absolute Gasteiger partial charge is 0.331 e. The second-order valence-electron chi connectivity index (χ2n) is 3.87. The molecule has 15 heavy (non-hydrogen) atoms. The molecule has 3 atom stereocenters. The molecule has 2 bridgehead atoms. The minimum Gasteiger partial charge on any atom is -0.495 e. The molecule has 5 nitrogen and oxygen atoms in total. The van der Waals surface area contributed by atoms with Crippen LogP contribution in [0.5, 0.6) is 0 Å². The summed E-state index contributed by atoms with van der Waals surface area (Å²) >= 11 is 0. The largest absolute Gasteiger partial charge is 0.495 e. The molecule has 2 rings (SSSR count). The fourth-order valence-electron chi connectivity index (χ4n) is 1.94. The van der Waals surface area contributed by atoms with Crippen LogP contribution in [0.15, 0.2) is 24.0 Å². The molecule has 0 aromatic rings. The van der Waals surface area contributed by atoms with Gasteiger partial charge in [0.05, 0.1) is 6.26 Å². The van der Waals surface area contributed by atoms with Crippen LogP contribution in [0.3, 0.4) is 0 Å². The molecule has 0 amide bonds. The van der Waals surface area contributed by atoms with Crippen molar-refractivity contribution >= 4 is 5.97 Å². The zero-order valence-electron chi connectivity index (χ0n) is 7.96. The van der Waals surface area contributed by atoms with Crippen molar-refractivity contribution in [1.82, 2.24) is 0 Å². The van der Waals surface area contributed by atoms with Crippen molar-refractivity contribution in [3.05, 3.63) is 24.0 Å². The summed E-state index contributed by atoms with van der Waals surface area (Å²) in [5.74, 6) is -1.09. The Morgan fingerprint density at radius 2 is 2.33 bits per heavy atom. The number of aliphatic carboxylic acids is 1. The number of hydrogen-bond donors (Lipinski definition) is 3. The van der Waals surface area contributed by atoms with E-state index in [-0.39, 0.29) is 18.4 Å². The van der Waals surface area contributed by atoms with E-state index in [9.17, 15) is 15.0 Å². The summed E-state index contributed by atoms with van der Waals surface area (Å²) in [6, 6.07) is 0. The highest BCUT2D eigenvalue weighted by atomic mass is 16.5. The summed E-state index contributed by atoms with van der Waals surface area (Å²) in [6.07, 6.45) is 2.66. The number of fused-ring (bicyclic) bond motifs is 2. The maximum atomic E-state index is 10.8. The van der Waals surface area contributed by atoms with Gasteiger partial charge >= 0.3 is 5.97 Å². The predicted octanol–water partition coefficient (Wildman–Crippen LogP) is -0.204. The van der Waals surface area contributed by atoms with Crippen molar-refractivity contribution in [2.75, 3.05) is 0 Å². The average molecular weight is 212 g/mol. The molecule has 0 unspecified atom stereocenters. The van der Waals surface area contributed by atoms with Crippen LogP contribution in [0.1, 0.15) is 12.8 Å². The number of aliphatic hydroxyl groups is 2. The van der Waals surface area contributed by atoms with Crippen LogP contribution in [0.25, 0.3) is 0 Å². The second kappa shape index (κ2) is 3.36. The molecular formula is C10H12O5. The fraction of sp³-hybridized carbons (Fsp3) is 0.500. The topological polar surface area (TPSA) is 87.0 Å². The molecule has 0 aromatic carbocycles. The van der Waals surface area contributed by atoms with Crippen molar-refractivity contribution in [2.45, 2.75) is 30.7 Å². The number of carbonyl (C=O) groups is 1. The first kappa shape index (κ1) is 10.2. The lowest BCUT2D eigenvalue weighted by Crippen LogP contribution is -2.50. The molecule has 0 saturated carbocycles. The molecule has 0 spiro atoms. The van der Waals surface area contributed by atoms with E-state index in [1.165, 1.54) is 12.3 Å². The maximum Gasteiger partial charge on any atom is 0.331 e.